The van der Waals surface area contributed by atoms with E-state index in [1.807, 2.05) is 12.1 Å². The van der Waals surface area contributed by atoms with Crippen LogP contribution in [0.1, 0.15) is 30.1 Å². The molecule has 21 heavy (non-hydrogen) atoms. The third kappa shape index (κ3) is 7.13. The number of carbonyl (C=O) groups is 1. The van der Waals surface area contributed by atoms with Crippen LogP contribution < -0.4 is 16.0 Å². The topological polar surface area (TPSA) is 65.5 Å². The van der Waals surface area contributed by atoms with Crippen LogP contribution in [0.3, 0.4) is 0 Å². The summed E-state index contributed by atoms with van der Waals surface area (Å²) in [6, 6.07) is 7.33. The SMILES string of the molecule is CCCCNC(=NC)NCCNC(=O)c1cccc(Br)c1. The van der Waals surface area contributed by atoms with Crippen LogP contribution in [-0.4, -0.2) is 38.5 Å². The lowest BCUT2D eigenvalue weighted by Crippen LogP contribution is -2.41. The maximum Gasteiger partial charge on any atom is 0.251 e. The van der Waals surface area contributed by atoms with Crippen molar-refractivity contribution in [3.05, 3.63) is 34.3 Å². The normalized spacial score (nSPS) is 11.1. The zero-order chi connectivity index (χ0) is 15.5. The summed E-state index contributed by atoms with van der Waals surface area (Å²) in [6.07, 6.45) is 2.26. The molecule has 0 fully saturated rings. The van der Waals surface area contributed by atoms with Crippen LogP contribution in [0, 0.1) is 0 Å². The molecule has 1 rings (SSSR count). The van der Waals surface area contributed by atoms with Crippen molar-refractivity contribution in [2.24, 2.45) is 4.99 Å². The van der Waals surface area contributed by atoms with Gasteiger partial charge in [-0.3, -0.25) is 9.79 Å². The van der Waals surface area contributed by atoms with Crippen LogP contribution in [0.2, 0.25) is 0 Å². The van der Waals surface area contributed by atoms with Crippen molar-refractivity contribution in [3.63, 3.8) is 0 Å². The van der Waals surface area contributed by atoms with E-state index in [1.165, 1.54) is 0 Å². The molecule has 0 aliphatic carbocycles. The van der Waals surface area contributed by atoms with Crippen molar-refractivity contribution >= 4 is 27.8 Å². The highest BCUT2D eigenvalue weighted by Crippen LogP contribution is 2.11. The monoisotopic (exact) mass is 354 g/mol. The minimum Gasteiger partial charge on any atom is -0.356 e. The Morgan fingerprint density at radius 2 is 1.90 bits per heavy atom. The highest BCUT2D eigenvalue weighted by atomic mass is 79.9. The van der Waals surface area contributed by atoms with Crippen molar-refractivity contribution in [3.8, 4) is 0 Å². The number of amides is 1. The minimum atomic E-state index is -0.0768. The number of carbonyl (C=O) groups excluding carboxylic acids is 1. The van der Waals surface area contributed by atoms with Gasteiger partial charge in [0.05, 0.1) is 0 Å². The average molecular weight is 355 g/mol. The Morgan fingerprint density at radius 1 is 1.19 bits per heavy atom. The van der Waals surface area contributed by atoms with E-state index < -0.39 is 0 Å². The first-order chi connectivity index (χ1) is 10.2. The van der Waals surface area contributed by atoms with Gasteiger partial charge in [-0.1, -0.05) is 35.3 Å². The first kappa shape index (κ1) is 17.5. The quantitative estimate of drug-likeness (QED) is 0.399. The van der Waals surface area contributed by atoms with Gasteiger partial charge in [-0.05, 0) is 24.6 Å². The van der Waals surface area contributed by atoms with Gasteiger partial charge in [-0.25, -0.2) is 0 Å². The Morgan fingerprint density at radius 3 is 2.57 bits per heavy atom. The summed E-state index contributed by atoms with van der Waals surface area (Å²) >= 11 is 3.35. The Bertz CT molecular complexity index is 476. The highest BCUT2D eigenvalue weighted by molar-refractivity contribution is 9.10. The summed E-state index contributed by atoms with van der Waals surface area (Å²) in [6.45, 7) is 4.22. The molecular formula is C15H23BrN4O. The van der Waals surface area contributed by atoms with Crippen LogP contribution in [0.25, 0.3) is 0 Å². The van der Waals surface area contributed by atoms with E-state index in [0.29, 0.717) is 18.7 Å². The molecule has 0 heterocycles. The van der Waals surface area contributed by atoms with Crippen molar-refractivity contribution in [1.29, 1.82) is 0 Å². The molecule has 5 nitrogen and oxygen atoms in total. The molecule has 0 unspecified atom stereocenters. The number of guanidine groups is 1. The van der Waals surface area contributed by atoms with Gasteiger partial charge in [0.15, 0.2) is 5.96 Å². The summed E-state index contributed by atoms with van der Waals surface area (Å²) < 4.78 is 0.897. The number of hydrogen-bond donors (Lipinski definition) is 3. The number of benzene rings is 1. The van der Waals surface area contributed by atoms with E-state index in [2.05, 4.69) is 43.8 Å². The summed E-state index contributed by atoms with van der Waals surface area (Å²) in [5, 5.41) is 9.25. The second kappa shape index (κ2) is 10.2. The fourth-order valence-corrected chi connectivity index (χ4v) is 2.09. The third-order valence-corrected chi connectivity index (χ3v) is 3.33. The molecule has 1 amide bonds. The molecule has 0 spiro atoms. The van der Waals surface area contributed by atoms with E-state index >= 15 is 0 Å². The minimum absolute atomic E-state index is 0.0768. The van der Waals surface area contributed by atoms with Crippen molar-refractivity contribution in [2.45, 2.75) is 19.8 Å². The van der Waals surface area contributed by atoms with Crippen molar-refractivity contribution in [2.75, 3.05) is 26.7 Å². The van der Waals surface area contributed by atoms with Crippen LogP contribution in [0.15, 0.2) is 33.7 Å². The lowest BCUT2D eigenvalue weighted by atomic mass is 10.2. The number of unbranched alkanes of at least 4 members (excludes halogenated alkanes) is 1. The van der Waals surface area contributed by atoms with E-state index in [-0.39, 0.29) is 5.91 Å². The molecule has 0 atom stereocenters. The van der Waals surface area contributed by atoms with Gasteiger partial charge in [0.2, 0.25) is 0 Å². The van der Waals surface area contributed by atoms with Gasteiger partial charge >= 0.3 is 0 Å². The number of aliphatic imine (C=N–C) groups is 1. The fourth-order valence-electron chi connectivity index (χ4n) is 1.69. The van der Waals surface area contributed by atoms with Gasteiger partial charge in [0.1, 0.15) is 0 Å². The van der Waals surface area contributed by atoms with Gasteiger partial charge in [-0.2, -0.15) is 0 Å². The van der Waals surface area contributed by atoms with E-state index in [4.69, 9.17) is 0 Å². The van der Waals surface area contributed by atoms with Gasteiger partial charge < -0.3 is 16.0 Å². The van der Waals surface area contributed by atoms with Crippen LogP contribution in [0.5, 0.6) is 0 Å². The molecular weight excluding hydrogens is 332 g/mol. The van der Waals surface area contributed by atoms with Gasteiger partial charge in [-0.15, -0.1) is 0 Å². The highest BCUT2D eigenvalue weighted by Gasteiger charge is 2.04. The molecule has 0 aliphatic rings. The summed E-state index contributed by atoms with van der Waals surface area (Å²) in [5.74, 6) is 0.687. The Balaban J connectivity index is 2.25. The summed E-state index contributed by atoms with van der Waals surface area (Å²) in [7, 11) is 1.74. The molecule has 0 saturated heterocycles. The largest absolute Gasteiger partial charge is 0.356 e. The number of nitrogens with one attached hydrogen (secondary N) is 3. The van der Waals surface area contributed by atoms with E-state index in [0.717, 1.165) is 29.8 Å². The number of hydrogen-bond acceptors (Lipinski definition) is 2. The Kier molecular flexibility index (Phi) is 8.50. The molecule has 0 radical (unpaired) electrons. The van der Waals surface area contributed by atoms with Gasteiger partial charge in [0, 0.05) is 36.7 Å². The zero-order valence-electron chi connectivity index (χ0n) is 12.6. The van der Waals surface area contributed by atoms with E-state index in [1.54, 1.807) is 19.2 Å². The number of nitrogens with zero attached hydrogens (tertiary/aromatic N) is 1. The van der Waals surface area contributed by atoms with Crippen molar-refractivity contribution in [1.82, 2.24) is 16.0 Å². The van der Waals surface area contributed by atoms with Crippen LogP contribution >= 0.6 is 15.9 Å². The summed E-state index contributed by atoms with van der Waals surface area (Å²) in [5.41, 5.74) is 0.648. The second-order valence-electron chi connectivity index (χ2n) is 4.55. The van der Waals surface area contributed by atoms with Gasteiger partial charge in [0.25, 0.3) is 5.91 Å². The zero-order valence-corrected chi connectivity index (χ0v) is 14.2. The Hall–Kier alpha value is -1.56. The molecule has 1 aromatic carbocycles. The smallest absolute Gasteiger partial charge is 0.251 e. The molecule has 116 valence electrons. The average Bonchev–Trinajstić information content (AvgIpc) is 2.49. The molecule has 0 bridgehead atoms. The standard InChI is InChI=1S/C15H23BrN4O/c1-3-4-8-19-15(17-2)20-10-9-18-14(21)12-6-5-7-13(16)11-12/h5-7,11H,3-4,8-10H2,1-2H3,(H,18,21)(H2,17,19,20). The molecule has 1 aromatic rings. The van der Waals surface area contributed by atoms with Crippen LogP contribution in [0.4, 0.5) is 0 Å². The lowest BCUT2D eigenvalue weighted by Gasteiger charge is -2.12. The predicted octanol–water partition coefficient (Wildman–Crippen LogP) is 2.14. The fraction of sp³-hybridized carbons (Fsp3) is 0.467. The van der Waals surface area contributed by atoms with E-state index in [9.17, 15) is 4.79 Å². The predicted molar refractivity (Wildman–Crippen MR) is 90.7 cm³/mol. The second-order valence-corrected chi connectivity index (χ2v) is 5.46. The third-order valence-electron chi connectivity index (χ3n) is 2.84. The molecule has 0 aromatic heterocycles. The number of rotatable bonds is 7. The molecule has 0 saturated carbocycles. The van der Waals surface area contributed by atoms with Crippen LogP contribution in [-0.2, 0) is 0 Å². The molecule has 3 N–H and O–H groups in total. The molecule has 6 heteroatoms. The lowest BCUT2D eigenvalue weighted by molar-refractivity contribution is 0.0954. The first-order valence-corrected chi connectivity index (χ1v) is 7.95. The first-order valence-electron chi connectivity index (χ1n) is 7.15. The number of halogens is 1. The molecule has 0 aliphatic heterocycles. The maximum atomic E-state index is 11.9. The maximum absolute atomic E-state index is 11.9. The van der Waals surface area contributed by atoms with Crippen molar-refractivity contribution < 1.29 is 4.79 Å². The summed E-state index contributed by atoms with van der Waals surface area (Å²) in [4.78, 5) is 16.0. The Labute approximate surface area is 134 Å².